The number of benzene rings is 3. The van der Waals surface area contributed by atoms with Crippen molar-refractivity contribution in [2.75, 3.05) is 11.1 Å². The highest BCUT2D eigenvalue weighted by Crippen LogP contribution is 2.36. The molecule has 0 atom stereocenters. The molecular weight excluding hydrogens is 454 g/mol. The van der Waals surface area contributed by atoms with E-state index in [2.05, 4.69) is 27.5 Å². The molecule has 176 valence electrons. The van der Waals surface area contributed by atoms with Crippen LogP contribution in [-0.2, 0) is 6.54 Å². The summed E-state index contributed by atoms with van der Waals surface area (Å²) in [6.45, 7) is 0.686. The molecule has 6 rings (SSSR count). The number of hydrogen-bond acceptors (Lipinski definition) is 5. The van der Waals surface area contributed by atoms with Gasteiger partial charge < -0.3 is 10.8 Å². The number of fused-ring (bicyclic) bond motifs is 2. The molecule has 0 aliphatic rings. The Morgan fingerprint density at radius 1 is 0.972 bits per heavy atom. The number of carboxylic acid groups (broad SMARTS) is 1. The van der Waals surface area contributed by atoms with Gasteiger partial charge in [0.15, 0.2) is 5.82 Å². The van der Waals surface area contributed by atoms with Gasteiger partial charge in [-0.2, -0.15) is 10.2 Å². The second kappa shape index (κ2) is 8.55. The summed E-state index contributed by atoms with van der Waals surface area (Å²) in [6, 6.07) is 25.4. The van der Waals surface area contributed by atoms with Crippen LogP contribution in [0.15, 0.2) is 91.4 Å². The van der Waals surface area contributed by atoms with E-state index < -0.39 is 6.09 Å². The van der Waals surface area contributed by atoms with Crippen LogP contribution >= 0.6 is 0 Å². The number of nitrogens with two attached hydrogens (primary N) is 1. The van der Waals surface area contributed by atoms with E-state index in [1.165, 1.54) is 11.9 Å². The van der Waals surface area contributed by atoms with Crippen LogP contribution in [0.2, 0.25) is 0 Å². The lowest BCUT2D eigenvalue weighted by molar-refractivity contribution is 0.210. The Kier molecular flexibility index (Phi) is 5.07. The summed E-state index contributed by atoms with van der Waals surface area (Å²) in [5.74, 6) is 0.348. The minimum atomic E-state index is -1.13. The van der Waals surface area contributed by atoms with Crippen molar-refractivity contribution in [2.24, 2.45) is 0 Å². The topological polar surface area (TPSA) is 123 Å². The van der Waals surface area contributed by atoms with Crippen LogP contribution in [0.3, 0.4) is 0 Å². The van der Waals surface area contributed by atoms with Gasteiger partial charge in [-0.15, -0.1) is 0 Å². The third kappa shape index (κ3) is 3.88. The molecule has 9 nitrogen and oxygen atoms in total. The molecule has 0 fully saturated rings. The van der Waals surface area contributed by atoms with Crippen molar-refractivity contribution < 1.29 is 9.90 Å². The lowest BCUT2D eigenvalue weighted by atomic mass is 10.0. The first-order valence-electron chi connectivity index (χ1n) is 11.3. The molecule has 0 saturated carbocycles. The summed E-state index contributed by atoms with van der Waals surface area (Å²) >= 11 is 0. The molecule has 0 aliphatic heterocycles. The number of carbonyl (C=O) groups is 1. The van der Waals surface area contributed by atoms with Crippen molar-refractivity contribution in [2.45, 2.75) is 6.54 Å². The zero-order valence-corrected chi connectivity index (χ0v) is 19.0. The molecule has 3 aromatic carbocycles. The number of aromatic nitrogens is 5. The highest BCUT2D eigenvalue weighted by atomic mass is 16.4. The first-order chi connectivity index (χ1) is 17.5. The molecule has 1 amide bonds. The molecule has 36 heavy (non-hydrogen) atoms. The summed E-state index contributed by atoms with van der Waals surface area (Å²) in [4.78, 5) is 15.3. The van der Waals surface area contributed by atoms with Crippen LogP contribution in [0.4, 0.5) is 16.3 Å². The van der Waals surface area contributed by atoms with Crippen molar-refractivity contribution in [1.82, 2.24) is 24.4 Å². The van der Waals surface area contributed by atoms with Crippen LogP contribution < -0.4 is 11.1 Å². The van der Waals surface area contributed by atoms with Gasteiger partial charge in [0.1, 0.15) is 11.8 Å². The van der Waals surface area contributed by atoms with E-state index in [0.717, 1.165) is 33.3 Å². The second-order valence-electron chi connectivity index (χ2n) is 8.45. The van der Waals surface area contributed by atoms with Crippen molar-refractivity contribution in [3.05, 3.63) is 97.0 Å². The first-order valence-corrected chi connectivity index (χ1v) is 11.3. The van der Waals surface area contributed by atoms with Crippen molar-refractivity contribution in [3.8, 4) is 22.4 Å². The van der Waals surface area contributed by atoms with Gasteiger partial charge >= 0.3 is 6.09 Å². The van der Waals surface area contributed by atoms with E-state index in [1.54, 1.807) is 22.7 Å². The van der Waals surface area contributed by atoms with E-state index in [1.807, 2.05) is 59.4 Å². The van der Waals surface area contributed by atoms with Gasteiger partial charge in [0.05, 0.1) is 17.8 Å². The number of anilines is 2. The van der Waals surface area contributed by atoms with Gasteiger partial charge in [-0.05, 0) is 35.4 Å². The number of nitrogens with one attached hydrogen (secondary N) is 1. The minimum absolute atomic E-state index is 0.348. The maximum atomic E-state index is 11.1. The SMILES string of the molecule is Nc1ncnn2c(-c3cccc(NC(=O)O)c3)cc(-c3ccc4cn(Cc5ccccc5)nc4c3)c12. The van der Waals surface area contributed by atoms with E-state index in [4.69, 9.17) is 15.9 Å². The van der Waals surface area contributed by atoms with Crippen molar-refractivity contribution in [1.29, 1.82) is 0 Å². The third-order valence-corrected chi connectivity index (χ3v) is 6.05. The Labute approximate surface area is 205 Å². The summed E-state index contributed by atoms with van der Waals surface area (Å²) in [5, 5.41) is 21.7. The van der Waals surface area contributed by atoms with Gasteiger partial charge in [0.2, 0.25) is 0 Å². The van der Waals surface area contributed by atoms with Crippen LogP contribution in [0.25, 0.3) is 38.8 Å². The summed E-state index contributed by atoms with van der Waals surface area (Å²) < 4.78 is 3.67. The quantitative estimate of drug-likeness (QED) is 0.317. The Hall–Kier alpha value is -5.18. The average Bonchev–Trinajstić information content (AvgIpc) is 3.46. The monoisotopic (exact) mass is 475 g/mol. The highest BCUT2D eigenvalue weighted by Gasteiger charge is 2.17. The van der Waals surface area contributed by atoms with Crippen LogP contribution in [0, 0.1) is 0 Å². The van der Waals surface area contributed by atoms with Gasteiger partial charge in [-0.25, -0.2) is 14.3 Å². The maximum Gasteiger partial charge on any atom is 0.409 e. The van der Waals surface area contributed by atoms with Crippen LogP contribution in [-0.4, -0.2) is 35.6 Å². The van der Waals surface area contributed by atoms with Gasteiger partial charge in [0, 0.05) is 28.4 Å². The predicted molar refractivity (Wildman–Crippen MR) is 139 cm³/mol. The third-order valence-electron chi connectivity index (χ3n) is 6.05. The van der Waals surface area contributed by atoms with Crippen LogP contribution in [0.1, 0.15) is 5.56 Å². The Bertz CT molecular complexity index is 1740. The zero-order chi connectivity index (χ0) is 24.6. The van der Waals surface area contributed by atoms with E-state index >= 15 is 0 Å². The Balaban J connectivity index is 1.45. The van der Waals surface area contributed by atoms with Gasteiger partial charge in [-0.1, -0.05) is 54.6 Å². The van der Waals surface area contributed by atoms with Crippen LogP contribution in [0.5, 0.6) is 0 Å². The molecule has 6 aromatic rings. The predicted octanol–water partition coefficient (Wildman–Crippen LogP) is 5.13. The van der Waals surface area contributed by atoms with Gasteiger partial charge in [-0.3, -0.25) is 10.00 Å². The molecule has 0 aliphatic carbocycles. The largest absolute Gasteiger partial charge is 0.465 e. The number of rotatable bonds is 5. The molecule has 0 saturated heterocycles. The molecule has 0 bridgehead atoms. The maximum absolute atomic E-state index is 11.1. The first kappa shape index (κ1) is 21.4. The molecule has 0 radical (unpaired) electrons. The fraction of sp³-hybridized carbons (Fsp3) is 0.0370. The second-order valence-corrected chi connectivity index (χ2v) is 8.45. The van der Waals surface area contributed by atoms with Crippen molar-refractivity contribution >= 4 is 34.0 Å². The molecule has 0 unspecified atom stereocenters. The van der Waals surface area contributed by atoms with E-state index in [9.17, 15) is 4.79 Å². The lowest BCUT2D eigenvalue weighted by Crippen LogP contribution is -2.07. The number of amides is 1. The Morgan fingerprint density at radius 2 is 1.83 bits per heavy atom. The van der Waals surface area contributed by atoms with E-state index in [0.29, 0.717) is 23.6 Å². The van der Waals surface area contributed by atoms with Gasteiger partial charge in [0.25, 0.3) is 0 Å². The summed E-state index contributed by atoms with van der Waals surface area (Å²) in [6.07, 6.45) is 2.32. The molecule has 3 heterocycles. The lowest BCUT2D eigenvalue weighted by Gasteiger charge is -2.06. The molecule has 9 heteroatoms. The number of hydrogen-bond donors (Lipinski definition) is 3. The number of nitrogen functional groups attached to an aromatic ring is 1. The normalized spacial score (nSPS) is 11.2. The Morgan fingerprint density at radius 3 is 2.67 bits per heavy atom. The fourth-order valence-electron chi connectivity index (χ4n) is 4.46. The molecule has 3 aromatic heterocycles. The molecular formula is C27H21N7O2. The summed E-state index contributed by atoms with van der Waals surface area (Å²) in [5.41, 5.74) is 12.8. The standard InChI is InChI=1S/C27H21N7O2/c28-26-25-22(13-24(34(25)30-16-29-26)19-7-4-8-21(11-19)31-27(35)36)18-9-10-20-15-33(32-23(20)12-18)14-17-5-2-1-3-6-17/h1-13,15-16,31H,14H2,(H,35,36)(H2,28,29,30). The minimum Gasteiger partial charge on any atom is -0.465 e. The molecule has 4 N–H and O–H groups in total. The van der Waals surface area contributed by atoms with E-state index in [-0.39, 0.29) is 0 Å². The zero-order valence-electron chi connectivity index (χ0n) is 19.0. The number of nitrogens with zero attached hydrogens (tertiary/aromatic N) is 5. The fourth-order valence-corrected chi connectivity index (χ4v) is 4.46. The summed E-state index contributed by atoms with van der Waals surface area (Å²) in [7, 11) is 0. The molecule has 0 spiro atoms. The smallest absolute Gasteiger partial charge is 0.409 e. The highest BCUT2D eigenvalue weighted by molar-refractivity contribution is 5.95. The average molecular weight is 476 g/mol. The van der Waals surface area contributed by atoms with Crippen molar-refractivity contribution in [3.63, 3.8) is 0 Å².